The standard InChI is InChI=1S/C12H13F2NO3/c1-2-17-11-7-8(9(16)5-6-15)3-4-10(11)18-12(13)14/h3-4,7,9,12,16H,2,5H2,1H3. The van der Waals surface area contributed by atoms with E-state index in [-0.39, 0.29) is 24.5 Å². The molecule has 1 N–H and O–H groups in total. The molecule has 1 rings (SSSR count). The van der Waals surface area contributed by atoms with E-state index in [0.717, 1.165) is 0 Å². The van der Waals surface area contributed by atoms with Crippen LogP contribution in [-0.2, 0) is 0 Å². The summed E-state index contributed by atoms with van der Waals surface area (Å²) in [5, 5.41) is 18.1. The predicted octanol–water partition coefficient (Wildman–Crippen LogP) is 2.63. The molecule has 0 bridgehead atoms. The van der Waals surface area contributed by atoms with Crippen LogP contribution in [-0.4, -0.2) is 18.3 Å². The lowest BCUT2D eigenvalue weighted by Gasteiger charge is -2.14. The summed E-state index contributed by atoms with van der Waals surface area (Å²) in [6, 6.07) is 5.92. The molecule has 0 heterocycles. The summed E-state index contributed by atoms with van der Waals surface area (Å²) < 4.78 is 33.7. The zero-order valence-electron chi connectivity index (χ0n) is 9.77. The van der Waals surface area contributed by atoms with Crippen LogP contribution in [0.1, 0.15) is 25.0 Å². The first-order valence-electron chi connectivity index (χ1n) is 5.35. The first-order chi connectivity index (χ1) is 8.58. The molecule has 0 radical (unpaired) electrons. The second kappa shape index (κ2) is 6.77. The van der Waals surface area contributed by atoms with E-state index in [0.29, 0.717) is 5.56 Å². The average Bonchev–Trinajstić information content (AvgIpc) is 2.31. The minimum absolute atomic E-state index is 0.0827. The highest BCUT2D eigenvalue weighted by Gasteiger charge is 2.14. The summed E-state index contributed by atoms with van der Waals surface area (Å²) in [5.41, 5.74) is 0.418. The van der Waals surface area contributed by atoms with E-state index in [1.807, 2.05) is 6.07 Å². The Morgan fingerprint density at radius 2 is 2.11 bits per heavy atom. The number of hydrogen-bond acceptors (Lipinski definition) is 4. The van der Waals surface area contributed by atoms with E-state index in [1.165, 1.54) is 18.2 Å². The van der Waals surface area contributed by atoms with Crippen molar-refractivity contribution in [3.8, 4) is 17.6 Å². The van der Waals surface area contributed by atoms with Gasteiger partial charge in [0.1, 0.15) is 0 Å². The molecule has 0 spiro atoms. The Bertz CT molecular complexity index is 432. The Balaban J connectivity index is 2.99. The Morgan fingerprint density at radius 1 is 1.39 bits per heavy atom. The number of benzene rings is 1. The van der Waals surface area contributed by atoms with Crippen molar-refractivity contribution in [1.82, 2.24) is 0 Å². The minimum Gasteiger partial charge on any atom is -0.490 e. The van der Waals surface area contributed by atoms with Gasteiger partial charge in [-0.25, -0.2) is 0 Å². The van der Waals surface area contributed by atoms with Gasteiger partial charge in [0.25, 0.3) is 0 Å². The Hall–Kier alpha value is -1.87. The largest absolute Gasteiger partial charge is 0.490 e. The highest BCUT2D eigenvalue weighted by Crippen LogP contribution is 2.32. The second-order valence-electron chi connectivity index (χ2n) is 3.40. The normalized spacial score (nSPS) is 12.0. The minimum atomic E-state index is -2.95. The topological polar surface area (TPSA) is 62.5 Å². The van der Waals surface area contributed by atoms with Gasteiger partial charge in [0, 0.05) is 0 Å². The van der Waals surface area contributed by atoms with E-state index in [9.17, 15) is 13.9 Å². The fraction of sp³-hybridized carbons (Fsp3) is 0.417. The molecule has 0 aliphatic rings. The van der Waals surface area contributed by atoms with Gasteiger partial charge < -0.3 is 14.6 Å². The Morgan fingerprint density at radius 3 is 2.67 bits per heavy atom. The molecular weight excluding hydrogens is 244 g/mol. The van der Waals surface area contributed by atoms with E-state index in [1.54, 1.807) is 6.92 Å². The first-order valence-corrected chi connectivity index (χ1v) is 5.35. The molecule has 0 fully saturated rings. The molecule has 6 heteroatoms. The van der Waals surface area contributed by atoms with Gasteiger partial charge in [-0.1, -0.05) is 6.07 Å². The Labute approximate surface area is 103 Å². The summed E-state index contributed by atoms with van der Waals surface area (Å²) in [6.07, 6.45) is -1.06. The van der Waals surface area contributed by atoms with Crippen molar-refractivity contribution in [2.24, 2.45) is 0 Å². The monoisotopic (exact) mass is 257 g/mol. The molecule has 0 aromatic heterocycles. The molecule has 18 heavy (non-hydrogen) atoms. The van der Waals surface area contributed by atoms with Gasteiger partial charge in [-0.15, -0.1) is 0 Å². The predicted molar refractivity (Wildman–Crippen MR) is 59.4 cm³/mol. The third kappa shape index (κ3) is 3.86. The van der Waals surface area contributed by atoms with Crippen molar-refractivity contribution in [2.45, 2.75) is 26.1 Å². The van der Waals surface area contributed by atoms with Crippen LogP contribution in [0.5, 0.6) is 11.5 Å². The molecule has 1 unspecified atom stereocenters. The second-order valence-corrected chi connectivity index (χ2v) is 3.40. The molecule has 1 aromatic rings. The van der Waals surface area contributed by atoms with Gasteiger partial charge >= 0.3 is 6.61 Å². The molecule has 98 valence electrons. The molecule has 0 saturated heterocycles. The van der Waals surface area contributed by atoms with Crippen LogP contribution in [0.25, 0.3) is 0 Å². The van der Waals surface area contributed by atoms with Crippen LogP contribution in [0.2, 0.25) is 0 Å². The van der Waals surface area contributed by atoms with Gasteiger partial charge in [0.15, 0.2) is 11.5 Å². The highest BCUT2D eigenvalue weighted by atomic mass is 19.3. The van der Waals surface area contributed by atoms with Crippen LogP contribution in [0.4, 0.5) is 8.78 Å². The smallest absolute Gasteiger partial charge is 0.387 e. The van der Waals surface area contributed by atoms with E-state index >= 15 is 0 Å². The lowest BCUT2D eigenvalue weighted by Crippen LogP contribution is -2.06. The number of nitriles is 1. The third-order valence-corrected chi connectivity index (χ3v) is 2.15. The summed E-state index contributed by atoms with van der Waals surface area (Å²) in [6.45, 7) is -0.971. The van der Waals surface area contributed by atoms with Crippen molar-refractivity contribution in [2.75, 3.05) is 6.61 Å². The molecule has 0 aliphatic heterocycles. The molecule has 0 saturated carbocycles. The maximum atomic E-state index is 12.2. The van der Waals surface area contributed by atoms with Gasteiger partial charge in [-0.05, 0) is 24.6 Å². The van der Waals surface area contributed by atoms with Crippen LogP contribution in [0.15, 0.2) is 18.2 Å². The first kappa shape index (κ1) is 14.2. The third-order valence-electron chi connectivity index (χ3n) is 2.15. The number of nitrogens with zero attached hydrogens (tertiary/aromatic N) is 1. The highest BCUT2D eigenvalue weighted by molar-refractivity contribution is 5.43. The molecule has 0 aliphatic carbocycles. The number of alkyl halides is 2. The van der Waals surface area contributed by atoms with Crippen molar-refractivity contribution < 1.29 is 23.4 Å². The van der Waals surface area contributed by atoms with Gasteiger partial charge in [0.2, 0.25) is 0 Å². The van der Waals surface area contributed by atoms with Gasteiger partial charge in [-0.2, -0.15) is 14.0 Å². The van der Waals surface area contributed by atoms with Gasteiger partial charge in [-0.3, -0.25) is 0 Å². The number of hydrogen-bond donors (Lipinski definition) is 1. The van der Waals surface area contributed by atoms with Crippen molar-refractivity contribution in [3.05, 3.63) is 23.8 Å². The maximum Gasteiger partial charge on any atom is 0.387 e. The summed E-state index contributed by atoms with van der Waals surface area (Å²) in [7, 11) is 0. The average molecular weight is 257 g/mol. The molecular formula is C12H13F2NO3. The molecule has 4 nitrogen and oxygen atoms in total. The van der Waals surface area contributed by atoms with E-state index in [2.05, 4.69) is 4.74 Å². The van der Waals surface area contributed by atoms with Crippen molar-refractivity contribution in [3.63, 3.8) is 0 Å². The number of aliphatic hydroxyl groups is 1. The zero-order chi connectivity index (χ0) is 13.5. The fourth-order valence-corrected chi connectivity index (χ4v) is 1.40. The summed E-state index contributed by atoms with van der Waals surface area (Å²) in [5.74, 6) is 0.0204. The number of ether oxygens (including phenoxy) is 2. The number of halogens is 2. The summed E-state index contributed by atoms with van der Waals surface area (Å²) in [4.78, 5) is 0. The van der Waals surface area contributed by atoms with E-state index in [4.69, 9.17) is 10.00 Å². The van der Waals surface area contributed by atoms with Crippen LogP contribution >= 0.6 is 0 Å². The summed E-state index contributed by atoms with van der Waals surface area (Å²) >= 11 is 0. The quantitative estimate of drug-likeness (QED) is 0.850. The van der Waals surface area contributed by atoms with Gasteiger partial charge in [0.05, 0.1) is 25.2 Å². The molecule has 0 amide bonds. The lowest BCUT2D eigenvalue weighted by atomic mass is 10.1. The van der Waals surface area contributed by atoms with Crippen molar-refractivity contribution >= 4 is 0 Å². The Kier molecular flexibility index (Phi) is 5.33. The van der Waals surface area contributed by atoms with Crippen LogP contribution < -0.4 is 9.47 Å². The van der Waals surface area contributed by atoms with Crippen molar-refractivity contribution in [1.29, 1.82) is 5.26 Å². The maximum absolute atomic E-state index is 12.2. The molecule has 1 atom stereocenters. The number of aliphatic hydroxyl groups excluding tert-OH is 1. The van der Waals surface area contributed by atoms with Crippen LogP contribution in [0.3, 0.4) is 0 Å². The fourth-order valence-electron chi connectivity index (χ4n) is 1.40. The zero-order valence-corrected chi connectivity index (χ0v) is 9.77. The molecule has 1 aromatic carbocycles. The SMILES string of the molecule is CCOc1cc(C(O)CC#N)ccc1OC(F)F. The van der Waals surface area contributed by atoms with Crippen LogP contribution in [0, 0.1) is 11.3 Å². The number of rotatable bonds is 6. The van der Waals surface area contributed by atoms with E-state index < -0.39 is 12.7 Å². The lowest BCUT2D eigenvalue weighted by molar-refractivity contribution is -0.0514.